The van der Waals surface area contributed by atoms with Gasteiger partial charge >= 0.3 is 0 Å². The fraction of sp³-hybridized carbons (Fsp3) is 0.263. The molecule has 142 valence electrons. The molecule has 3 aromatic rings. The second-order valence-electron chi connectivity index (χ2n) is 5.91. The summed E-state index contributed by atoms with van der Waals surface area (Å²) in [5.41, 5.74) is 0.879. The number of nitrogens with zero attached hydrogens (tertiary/aromatic N) is 1. The van der Waals surface area contributed by atoms with Crippen LogP contribution in [0.1, 0.15) is 20.8 Å². The Morgan fingerprint density at radius 1 is 1.30 bits per heavy atom. The van der Waals surface area contributed by atoms with Gasteiger partial charge in [0, 0.05) is 42.4 Å². The van der Waals surface area contributed by atoms with Crippen molar-refractivity contribution in [3.8, 4) is 0 Å². The Kier molecular flexibility index (Phi) is 6.28. The van der Waals surface area contributed by atoms with Crippen LogP contribution in [0, 0.1) is 0 Å². The summed E-state index contributed by atoms with van der Waals surface area (Å²) in [6.45, 7) is 1.00. The Bertz CT molecular complexity index is 1010. The molecule has 0 aliphatic heterocycles. The lowest BCUT2D eigenvalue weighted by atomic mass is 10.1. The number of carbonyl (C=O) groups is 1. The summed E-state index contributed by atoms with van der Waals surface area (Å²) in [4.78, 5) is 26.4. The number of hydrogen-bond acceptors (Lipinski definition) is 5. The standard InChI is InChI=1S/C19H19ClN2O4S/c1-26-9-8-22-7-6-14(24)16-17(15(11-23)27-19(16)22)18(25)21-10-12-2-4-13(20)5-3-12/h2-7,23H,8-11H2,1H3,(H,21,25). The molecule has 0 unspecified atom stereocenters. The largest absolute Gasteiger partial charge is 0.391 e. The first kappa shape index (κ1) is 19.6. The molecule has 0 saturated heterocycles. The summed E-state index contributed by atoms with van der Waals surface area (Å²) in [6, 6.07) is 8.56. The van der Waals surface area contributed by atoms with E-state index in [0.29, 0.717) is 39.8 Å². The van der Waals surface area contributed by atoms with E-state index >= 15 is 0 Å². The first-order valence-electron chi connectivity index (χ1n) is 8.32. The number of hydrogen-bond donors (Lipinski definition) is 2. The lowest BCUT2D eigenvalue weighted by molar-refractivity contribution is 0.0950. The molecule has 0 spiro atoms. The number of aliphatic hydroxyl groups excluding tert-OH is 1. The van der Waals surface area contributed by atoms with Gasteiger partial charge in [0.1, 0.15) is 4.83 Å². The molecule has 0 radical (unpaired) electrons. The molecule has 27 heavy (non-hydrogen) atoms. The quantitative estimate of drug-likeness (QED) is 0.632. The van der Waals surface area contributed by atoms with Crippen molar-refractivity contribution in [2.24, 2.45) is 0 Å². The van der Waals surface area contributed by atoms with E-state index in [-0.39, 0.29) is 23.5 Å². The summed E-state index contributed by atoms with van der Waals surface area (Å²) in [5, 5.41) is 13.5. The van der Waals surface area contributed by atoms with Gasteiger partial charge in [-0.1, -0.05) is 23.7 Å². The number of carbonyl (C=O) groups excluding carboxylic acids is 1. The predicted octanol–water partition coefficient (Wildman–Crippen LogP) is 2.79. The number of pyridine rings is 1. The van der Waals surface area contributed by atoms with Crippen molar-refractivity contribution < 1.29 is 14.6 Å². The highest BCUT2D eigenvalue weighted by Gasteiger charge is 2.22. The van der Waals surface area contributed by atoms with Gasteiger partial charge < -0.3 is 19.7 Å². The zero-order valence-corrected chi connectivity index (χ0v) is 16.3. The Hall–Kier alpha value is -2.19. The Labute approximate surface area is 165 Å². The maximum Gasteiger partial charge on any atom is 0.253 e. The molecule has 2 heterocycles. The molecule has 0 aliphatic carbocycles. The number of aromatic nitrogens is 1. The van der Waals surface area contributed by atoms with Crippen molar-refractivity contribution >= 4 is 39.1 Å². The number of halogens is 1. The van der Waals surface area contributed by atoms with Crippen molar-refractivity contribution in [1.29, 1.82) is 0 Å². The SMILES string of the molecule is COCCn1ccc(=O)c2c(C(=O)NCc3ccc(Cl)cc3)c(CO)sc21. The topological polar surface area (TPSA) is 80.6 Å². The van der Waals surface area contributed by atoms with Crippen LogP contribution >= 0.6 is 22.9 Å². The molecule has 1 aromatic carbocycles. The summed E-state index contributed by atoms with van der Waals surface area (Å²) < 4.78 is 6.96. The molecule has 6 nitrogen and oxygen atoms in total. The molecule has 3 rings (SSSR count). The average Bonchev–Trinajstić information content (AvgIpc) is 3.07. The number of amides is 1. The Morgan fingerprint density at radius 2 is 2.04 bits per heavy atom. The highest BCUT2D eigenvalue weighted by molar-refractivity contribution is 7.19. The van der Waals surface area contributed by atoms with Gasteiger partial charge in [0.2, 0.25) is 0 Å². The van der Waals surface area contributed by atoms with E-state index in [0.717, 1.165) is 5.56 Å². The molecule has 8 heteroatoms. The smallest absolute Gasteiger partial charge is 0.253 e. The number of thiophene rings is 1. The molecule has 1 amide bonds. The van der Waals surface area contributed by atoms with E-state index in [9.17, 15) is 14.7 Å². The van der Waals surface area contributed by atoms with Crippen molar-refractivity contribution in [1.82, 2.24) is 9.88 Å². The third-order valence-electron chi connectivity index (χ3n) is 4.15. The van der Waals surface area contributed by atoms with Gasteiger partial charge in [-0.15, -0.1) is 11.3 Å². The number of nitrogens with one attached hydrogen (secondary N) is 1. The minimum Gasteiger partial charge on any atom is -0.391 e. The van der Waals surface area contributed by atoms with Gasteiger partial charge in [0.25, 0.3) is 5.91 Å². The summed E-state index contributed by atoms with van der Waals surface area (Å²) in [6.07, 6.45) is 1.68. The van der Waals surface area contributed by atoms with E-state index in [1.165, 1.54) is 17.4 Å². The van der Waals surface area contributed by atoms with E-state index in [4.69, 9.17) is 16.3 Å². The summed E-state index contributed by atoms with van der Waals surface area (Å²) in [5.74, 6) is -0.387. The van der Waals surface area contributed by atoms with Gasteiger partial charge in [0.15, 0.2) is 5.43 Å². The second-order valence-corrected chi connectivity index (χ2v) is 7.43. The van der Waals surface area contributed by atoms with E-state index < -0.39 is 0 Å². The van der Waals surface area contributed by atoms with Gasteiger partial charge in [-0.05, 0) is 17.7 Å². The van der Waals surface area contributed by atoms with Crippen LogP contribution in [0.15, 0.2) is 41.3 Å². The third-order valence-corrected chi connectivity index (χ3v) is 5.61. The van der Waals surface area contributed by atoms with E-state index in [1.807, 2.05) is 16.7 Å². The zero-order chi connectivity index (χ0) is 19.4. The maximum atomic E-state index is 12.8. The van der Waals surface area contributed by atoms with Crippen LogP contribution in [-0.4, -0.2) is 29.3 Å². The highest BCUT2D eigenvalue weighted by Crippen LogP contribution is 2.29. The monoisotopic (exact) mass is 406 g/mol. The lowest BCUT2D eigenvalue weighted by Crippen LogP contribution is -2.24. The minimum absolute atomic E-state index is 0.239. The lowest BCUT2D eigenvalue weighted by Gasteiger charge is -2.08. The molecule has 0 atom stereocenters. The molecule has 0 aliphatic rings. The van der Waals surface area contributed by atoms with Crippen LogP contribution < -0.4 is 10.7 Å². The molecule has 0 bridgehead atoms. The van der Waals surface area contributed by atoms with Gasteiger partial charge in [-0.2, -0.15) is 0 Å². The van der Waals surface area contributed by atoms with Crippen LogP contribution in [-0.2, 0) is 24.4 Å². The van der Waals surface area contributed by atoms with Gasteiger partial charge in [-0.3, -0.25) is 9.59 Å². The fourth-order valence-corrected chi connectivity index (χ4v) is 4.09. The Morgan fingerprint density at radius 3 is 2.70 bits per heavy atom. The van der Waals surface area contributed by atoms with Crippen LogP contribution in [0.25, 0.3) is 10.2 Å². The van der Waals surface area contributed by atoms with Crippen molar-refractivity contribution in [2.75, 3.05) is 13.7 Å². The van der Waals surface area contributed by atoms with Crippen molar-refractivity contribution in [3.05, 3.63) is 67.8 Å². The predicted molar refractivity (Wildman–Crippen MR) is 107 cm³/mol. The van der Waals surface area contributed by atoms with Crippen molar-refractivity contribution in [2.45, 2.75) is 19.7 Å². The number of benzene rings is 1. The molecule has 2 N–H and O–H groups in total. The number of aliphatic hydroxyl groups is 1. The number of ether oxygens (including phenoxy) is 1. The Balaban J connectivity index is 1.95. The number of methoxy groups -OCH3 is 1. The molecular weight excluding hydrogens is 388 g/mol. The van der Waals surface area contributed by atoms with Crippen LogP contribution in [0.5, 0.6) is 0 Å². The maximum absolute atomic E-state index is 12.8. The summed E-state index contributed by atoms with van der Waals surface area (Å²) in [7, 11) is 1.60. The fourth-order valence-electron chi connectivity index (χ4n) is 2.79. The third kappa shape index (κ3) is 4.22. The van der Waals surface area contributed by atoms with Gasteiger partial charge in [-0.25, -0.2) is 0 Å². The molecule has 0 fully saturated rings. The normalized spacial score (nSPS) is 11.1. The highest BCUT2D eigenvalue weighted by atomic mass is 35.5. The molecule has 2 aromatic heterocycles. The van der Waals surface area contributed by atoms with Crippen LogP contribution in [0.2, 0.25) is 5.02 Å². The zero-order valence-electron chi connectivity index (χ0n) is 14.7. The van der Waals surface area contributed by atoms with Crippen LogP contribution in [0.3, 0.4) is 0 Å². The first-order valence-corrected chi connectivity index (χ1v) is 9.52. The summed E-state index contributed by atoms with van der Waals surface area (Å²) >= 11 is 7.12. The number of fused-ring (bicyclic) bond motifs is 1. The van der Waals surface area contributed by atoms with E-state index in [2.05, 4.69) is 5.32 Å². The molecule has 0 saturated carbocycles. The second kappa shape index (κ2) is 8.67. The van der Waals surface area contributed by atoms with Crippen molar-refractivity contribution in [3.63, 3.8) is 0 Å². The van der Waals surface area contributed by atoms with E-state index in [1.54, 1.807) is 25.4 Å². The van der Waals surface area contributed by atoms with Crippen LogP contribution in [0.4, 0.5) is 0 Å². The average molecular weight is 407 g/mol. The molecular formula is C19H19ClN2O4S. The van der Waals surface area contributed by atoms with Gasteiger partial charge in [0.05, 0.1) is 24.2 Å². The minimum atomic E-state index is -0.387. The number of rotatable bonds is 7. The first-order chi connectivity index (χ1) is 13.0.